The molecule has 0 saturated heterocycles. The normalized spacial score (nSPS) is 11.5. The minimum absolute atomic E-state index is 0.835. The molecule has 2 heterocycles. The van der Waals surface area contributed by atoms with Crippen molar-refractivity contribution in [3.8, 4) is 22.3 Å². The Morgan fingerprint density at radius 3 is 1.96 bits per heavy atom. The summed E-state index contributed by atoms with van der Waals surface area (Å²) in [5.74, 6) is 0. The molecule has 2 aromatic heterocycles. The van der Waals surface area contributed by atoms with Crippen molar-refractivity contribution in [1.29, 1.82) is 0 Å². The van der Waals surface area contributed by atoms with Gasteiger partial charge in [-0.1, -0.05) is 109 Å². The van der Waals surface area contributed by atoms with E-state index in [0.717, 1.165) is 49.9 Å². The Bertz CT molecular complexity index is 2520. The monoisotopic (exact) mass is 588 g/mol. The van der Waals surface area contributed by atoms with Gasteiger partial charge in [0.1, 0.15) is 11.2 Å². The smallest absolute Gasteiger partial charge is 0.137 e. The average Bonchev–Trinajstić information content (AvgIpc) is 3.51. The number of pyridine rings is 1. The highest BCUT2D eigenvalue weighted by Crippen LogP contribution is 2.44. The molecule has 46 heavy (non-hydrogen) atoms. The van der Waals surface area contributed by atoms with Gasteiger partial charge in [-0.2, -0.15) is 0 Å². The fraction of sp³-hybridized carbons (Fsp3) is 0. The van der Waals surface area contributed by atoms with E-state index in [-0.39, 0.29) is 0 Å². The predicted octanol–water partition coefficient (Wildman–Crippen LogP) is 12.1. The second-order valence-electron chi connectivity index (χ2n) is 11.6. The lowest BCUT2D eigenvalue weighted by molar-refractivity contribution is 0.669. The van der Waals surface area contributed by atoms with E-state index in [1.54, 1.807) is 0 Å². The number of hydrogen-bond donors (Lipinski definition) is 0. The summed E-state index contributed by atoms with van der Waals surface area (Å²) >= 11 is 0. The third kappa shape index (κ3) is 4.33. The van der Waals surface area contributed by atoms with E-state index in [4.69, 9.17) is 9.40 Å². The molecule has 3 heteroatoms. The van der Waals surface area contributed by atoms with Crippen molar-refractivity contribution in [1.82, 2.24) is 4.98 Å². The summed E-state index contributed by atoms with van der Waals surface area (Å²) in [5, 5.41) is 5.60. The van der Waals surface area contributed by atoms with Crippen molar-refractivity contribution < 1.29 is 4.42 Å². The summed E-state index contributed by atoms with van der Waals surface area (Å²) in [7, 11) is 0. The summed E-state index contributed by atoms with van der Waals surface area (Å²) in [6.45, 7) is 0. The molecule has 0 aliphatic rings. The van der Waals surface area contributed by atoms with Crippen molar-refractivity contribution in [3.05, 3.63) is 170 Å². The molecule has 0 radical (unpaired) electrons. The van der Waals surface area contributed by atoms with Gasteiger partial charge in [0, 0.05) is 39.8 Å². The van der Waals surface area contributed by atoms with Crippen molar-refractivity contribution in [2.45, 2.75) is 0 Å². The lowest BCUT2D eigenvalue weighted by Crippen LogP contribution is -2.10. The third-order valence-electron chi connectivity index (χ3n) is 8.91. The number of hydrogen-bond acceptors (Lipinski definition) is 3. The molecule has 0 fully saturated rings. The maximum atomic E-state index is 6.50. The van der Waals surface area contributed by atoms with Crippen LogP contribution in [0.2, 0.25) is 0 Å². The van der Waals surface area contributed by atoms with Crippen LogP contribution in [-0.2, 0) is 0 Å². The van der Waals surface area contributed by atoms with Gasteiger partial charge in [0.05, 0.1) is 16.6 Å². The molecule has 0 N–H and O–H groups in total. The van der Waals surface area contributed by atoms with E-state index in [2.05, 4.69) is 163 Å². The second-order valence-corrected chi connectivity index (χ2v) is 11.6. The molecule has 0 amide bonds. The van der Waals surface area contributed by atoms with Crippen LogP contribution in [0.1, 0.15) is 0 Å². The van der Waals surface area contributed by atoms with Crippen LogP contribution in [0.3, 0.4) is 0 Å². The number of nitrogens with zero attached hydrogens (tertiary/aromatic N) is 2. The van der Waals surface area contributed by atoms with Crippen molar-refractivity contribution >= 4 is 60.7 Å². The first kappa shape index (κ1) is 26.2. The summed E-state index contributed by atoms with van der Waals surface area (Å²) in [6, 6.07) is 57.9. The molecule has 216 valence electrons. The molecule has 0 bridgehead atoms. The van der Waals surface area contributed by atoms with Crippen molar-refractivity contribution in [3.63, 3.8) is 0 Å². The molecular formula is C43H28N2O. The van der Waals surface area contributed by atoms with E-state index in [0.29, 0.717) is 0 Å². The maximum absolute atomic E-state index is 6.50. The van der Waals surface area contributed by atoms with Crippen molar-refractivity contribution in [2.75, 3.05) is 4.90 Å². The minimum atomic E-state index is 0.835. The number of benzene rings is 7. The van der Waals surface area contributed by atoms with Gasteiger partial charge in [0.25, 0.3) is 0 Å². The highest BCUT2D eigenvalue weighted by molar-refractivity contribution is 6.18. The Hall–Kier alpha value is -6.19. The lowest BCUT2D eigenvalue weighted by atomic mass is 9.96. The van der Waals surface area contributed by atoms with Gasteiger partial charge in [0.2, 0.25) is 0 Å². The van der Waals surface area contributed by atoms with E-state index in [1.165, 1.54) is 33.0 Å². The molecule has 0 unspecified atom stereocenters. The predicted molar refractivity (Wildman–Crippen MR) is 192 cm³/mol. The number of fused-ring (bicyclic) bond motifs is 6. The molecule has 9 rings (SSSR count). The summed E-state index contributed by atoms with van der Waals surface area (Å²) in [4.78, 5) is 7.06. The molecule has 3 nitrogen and oxygen atoms in total. The first-order valence-corrected chi connectivity index (χ1v) is 15.5. The van der Waals surface area contributed by atoms with Gasteiger partial charge in [-0.3, -0.25) is 4.98 Å². The average molecular weight is 589 g/mol. The van der Waals surface area contributed by atoms with Gasteiger partial charge in [0.15, 0.2) is 0 Å². The number of furan rings is 1. The summed E-state index contributed by atoms with van der Waals surface area (Å²) in [5.41, 5.74) is 10.6. The minimum Gasteiger partial charge on any atom is -0.456 e. The Morgan fingerprint density at radius 2 is 1.15 bits per heavy atom. The highest BCUT2D eigenvalue weighted by Gasteiger charge is 2.20. The van der Waals surface area contributed by atoms with Crippen LogP contribution in [0.4, 0.5) is 17.1 Å². The first-order valence-electron chi connectivity index (χ1n) is 15.5. The third-order valence-corrected chi connectivity index (χ3v) is 8.91. The van der Waals surface area contributed by atoms with Crippen LogP contribution < -0.4 is 4.90 Å². The maximum Gasteiger partial charge on any atom is 0.137 e. The van der Waals surface area contributed by atoms with E-state index in [9.17, 15) is 0 Å². The molecule has 9 aromatic rings. The molecular weight excluding hydrogens is 560 g/mol. The van der Waals surface area contributed by atoms with Gasteiger partial charge >= 0.3 is 0 Å². The standard InChI is InChI=1S/C43H28N2O/c1-3-10-29(11-4-1)30-17-20-33(21-18-30)45(39-25-24-35(31-12-5-2-6-13-31)36-15-7-8-16-37(36)39)34-22-23-38-41(28-34)46-40-26-19-32-14-9-27-44-43(32)42(38)40/h1-28H. The Labute approximate surface area is 266 Å². The summed E-state index contributed by atoms with van der Waals surface area (Å²) < 4.78 is 6.50. The van der Waals surface area contributed by atoms with Crippen LogP contribution in [0.25, 0.3) is 65.9 Å². The van der Waals surface area contributed by atoms with Gasteiger partial charge in [-0.25, -0.2) is 0 Å². The fourth-order valence-corrected chi connectivity index (χ4v) is 6.74. The molecule has 0 aliphatic carbocycles. The highest BCUT2D eigenvalue weighted by atomic mass is 16.3. The Morgan fingerprint density at radius 1 is 0.457 bits per heavy atom. The first-order chi connectivity index (χ1) is 22.8. The number of aromatic nitrogens is 1. The van der Waals surface area contributed by atoms with Crippen molar-refractivity contribution in [2.24, 2.45) is 0 Å². The lowest BCUT2D eigenvalue weighted by Gasteiger charge is -2.27. The largest absolute Gasteiger partial charge is 0.456 e. The Balaban J connectivity index is 1.26. The van der Waals surface area contributed by atoms with Gasteiger partial charge in [-0.05, 0) is 76.2 Å². The molecule has 0 saturated carbocycles. The van der Waals surface area contributed by atoms with Crippen LogP contribution in [-0.4, -0.2) is 4.98 Å². The number of rotatable bonds is 5. The van der Waals surface area contributed by atoms with E-state index in [1.807, 2.05) is 12.3 Å². The van der Waals surface area contributed by atoms with Crippen LogP contribution in [0, 0.1) is 0 Å². The zero-order chi connectivity index (χ0) is 30.5. The zero-order valence-electron chi connectivity index (χ0n) is 25.0. The number of anilines is 3. The molecule has 0 aliphatic heterocycles. The fourth-order valence-electron chi connectivity index (χ4n) is 6.74. The van der Waals surface area contributed by atoms with Crippen LogP contribution in [0.15, 0.2) is 174 Å². The zero-order valence-corrected chi connectivity index (χ0v) is 25.0. The van der Waals surface area contributed by atoms with Crippen LogP contribution in [0.5, 0.6) is 0 Å². The molecule has 7 aromatic carbocycles. The summed E-state index contributed by atoms with van der Waals surface area (Å²) in [6.07, 6.45) is 1.85. The quantitative estimate of drug-likeness (QED) is 0.200. The van der Waals surface area contributed by atoms with Gasteiger partial charge in [-0.15, -0.1) is 0 Å². The SMILES string of the molecule is c1ccc(-c2ccc(N(c3ccc4c(c3)oc3ccc5cccnc5c34)c3ccc(-c4ccccc4)c4ccccc34)cc2)cc1. The Kier molecular flexibility index (Phi) is 6.14. The molecule has 0 spiro atoms. The molecule has 0 atom stereocenters. The topological polar surface area (TPSA) is 29.3 Å². The van der Waals surface area contributed by atoms with E-state index < -0.39 is 0 Å². The van der Waals surface area contributed by atoms with Crippen LogP contribution >= 0.6 is 0 Å². The van der Waals surface area contributed by atoms with Gasteiger partial charge < -0.3 is 9.32 Å². The van der Waals surface area contributed by atoms with E-state index >= 15 is 0 Å². The second kappa shape index (κ2) is 10.8.